The first-order valence-electron chi connectivity index (χ1n) is 7.18. The molecule has 2 rings (SSSR count). The summed E-state index contributed by atoms with van der Waals surface area (Å²) >= 11 is 0. The summed E-state index contributed by atoms with van der Waals surface area (Å²) in [6, 6.07) is 13.5. The molecule has 0 unspecified atom stereocenters. The lowest BCUT2D eigenvalue weighted by Gasteiger charge is -2.24. The predicted octanol–water partition coefficient (Wildman–Crippen LogP) is 2.97. The summed E-state index contributed by atoms with van der Waals surface area (Å²) < 4.78 is 27.0. The average Bonchev–Trinajstić information content (AvgIpc) is 2.47. The van der Waals surface area contributed by atoms with E-state index >= 15 is 0 Å². The molecule has 0 atom stereocenters. The summed E-state index contributed by atoms with van der Waals surface area (Å²) in [6.07, 6.45) is -0.265. The minimum atomic E-state index is -3.81. The van der Waals surface area contributed by atoms with Crippen LogP contribution >= 0.6 is 0 Å². The van der Waals surface area contributed by atoms with Crippen molar-refractivity contribution in [3.63, 3.8) is 0 Å². The second-order valence-electron chi connectivity index (χ2n) is 5.37. The molecule has 6 heteroatoms. The van der Waals surface area contributed by atoms with E-state index < -0.39 is 16.0 Å². The highest BCUT2D eigenvalue weighted by molar-refractivity contribution is 7.92. The van der Waals surface area contributed by atoms with E-state index in [1.165, 1.54) is 12.1 Å². The topological polar surface area (TPSA) is 74.7 Å². The number of benzene rings is 2. The average molecular weight is 333 g/mol. The molecule has 0 aromatic heterocycles. The third kappa shape index (κ3) is 4.10. The molecule has 122 valence electrons. The third-order valence-corrected chi connectivity index (χ3v) is 5.27. The maximum absolute atomic E-state index is 12.9. The molecule has 5 nitrogen and oxygen atoms in total. The van der Waals surface area contributed by atoms with Gasteiger partial charge < -0.3 is 5.11 Å². The molecule has 0 saturated heterocycles. The Bertz CT molecular complexity index is 798. The lowest BCUT2D eigenvalue weighted by Crippen LogP contribution is -2.33. The molecule has 0 heterocycles. The maximum atomic E-state index is 12.9. The molecule has 0 aliphatic rings. The smallest absolute Gasteiger partial charge is 0.305 e. The molecule has 0 aliphatic carbocycles. The summed E-state index contributed by atoms with van der Waals surface area (Å²) in [5.74, 6) is -1.04. The number of anilines is 1. The number of nitrogens with zero attached hydrogens (tertiary/aromatic N) is 1. The molecular weight excluding hydrogens is 314 g/mol. The van der Waals surface area contributed by atoms with Crippen LogP contribution in [0.1, 0.15) is 17.5 Å². The molecule has 0 radical (unpaired) electrons. The number of rotatable bonds is 6. The number of hydrogen-bond acceptors (Lipinski definition) is 3. The Balaban J connectivity index is 2.47. The van der Waals surface area contributed by atoms with E-state index in [1.807, 2.05) is 19.9 Å². The molecule has 23 heavy (non-hydrogen) atoms. The molecule has 2 aromatic carbocycles. The minimum absolute atomic E-state index is 0.116. The Labute approximate surface area is 136 Å². The van der Waals surface area contributed by atoms with Gasteiger partial charge in [-0.2, -0.15) is 0 Å². The van der Waals surface area contributed by atoms with Crippen molar-refractivity contribution in [1.29, 1.82) is 0 Å². The minimum Gasteiger partial charge on any atom is -0.481 e. The van der Waals surface area contributed by atoms with Crippen LogP contribution < -0.4 is 4.31 Å². The summed E-state index contributed by atoms with van der Waals surface area (Å²) in [5.41, 5.74) is 2.32. The Hall–Kier alpha value is -2.34. The van der Waals surface area contributed by atoms with Gasteiger partial charge in [0.1, 0.15) is 0 Å². The molecule has 0 spiro atoms. The molecule has 1 N–H and O–H groups in total. The van der Waals surface area contributed by atoms with Crippen LogP contribution in [0.3, 0.4) is 0 Å². The molecule has 2 aromatic rings. The van der Waals surface area contributed by atoms with E-state index in [0.717, 1.165) is 15.4 Å². The predicted molar refractivity (Wildman–Crippen MR) is 89.1 cm³/mol. The van der Waals surface area contributed by atoms with Crippen LogP contribution in [0.5, 0.6) is 0 Å². The highest BCUT2D eigenvalue weighted by Crippen LogP contribution is 2.25. The van der Waals surface area contributed by atoms with Crippen molar-refractivity contribution in [2.45, 2.75) is 25.2 Å². The molecular formula is C17H19NO4S. The van der Waals surface area contributed by atoms with Crippen molar-refractivity contribution in [2.75, 3.05) is 10.8 Å². The Morgan fingerprint density at radius 1 is 1.04 bits per heavy atom. The van der Waals surface area contributed by atoms with Gasteiger partial charge in [-0.25, -0.2) is 8.42 Å². The van der Waals surface area contributed by atoms with Gasteiger partial charge in [0.2, 0.25) is 0 Å². The summed E-state index contributed by atoms with van der Waals surface area (Å²) in [6.45, 7) is 3.62. The zero-order valence-electron chi connectivity index (χ0n) is 13.1. The van der Waals surface area contributed by atoms with Crippen LogP contribution in [0.2, 0.25) is 0 Å². The van der Waals surface area contributed by atoms with E-state index in [0.29, 0.717) is 5.69 Å². The van der Waals surface area contributed by atoms with Gasteiger partial charge in [0.05, 0.1) is 17.0 Å². The number of aryl methyl sites for hydroxylation is 2. The van der Waals surface area contributed by atoms with Crippen molar-refractivity contribution < 1.29 is 18.3 Å². The fraction of sp³-hybridized carbons (Fsp3) is 0.235. The third-order valence-electron chi connectivity index (χ3n) is 3.43. The van der Waals surface area contributed by atoms with Crippen LogP contribution in [-0.2, 0) is 14.8 Å². The summed E-state index contributed by atoms with van der Waals surface area (Å²) in [5, 5.41) is 8.92. The fourth-order valence-electron chi connectivity index (χ4n) is 2.21. The van der Waals surface area contributed by atoms with Crippen molar-refractivity contribution in [2.24, 2.45) is 0 Å². The van der Waals surface area contributed by atoms with Gasteiger partial charge in [0.15, 0.2) is 0 Å². The van der Waals surface area contributed by atoms with Crippen LogP contribution in [0.4, 0.5) is 5.69 Å². The second-order valence-corrected chi connectivity index (χ2v) is 7.24. The van der Waals surface area contributed by atoms with Crippen molar-refractivity contribution in [1.82, 2.24) is 0 Å². The summed E-state index contributed by atoms with van der Waals surface area (Å²) in [7, 11) is -3.81. The first kappa shape index (κ1) is 17.0. The first-order chi connectivity index (χ1) is 10.8. The zero-order valence-corrected chi connectivity index (χ0v) is 13.9. The number of carbonyl (C=O) groups is 1. The fourth-order valence-corrected chi connectivity index (χ4v) is 3.66. The van der Waals surface area contributed by atoms with Gasteiger partial charge in [-0.1, -0.05) is 29.8 Å². The molecule has 0 aliphatic heterocycles. The van der Waals surface area contributed by atoms with Gasteiger partial charge in [-0.3, -0.25) is 9.10 Å². The molecule has 0 fully saturated rings. The highest BCUT2D eigenvalue weighted by Gasteiger charge is 2.25. The van der Waals surface area contributed by atoms with Crippen molar-refractivity contribution >= 4 is 21.7 Å². The van der Waals surface area contributed by atoms with Crippen LogP contribution in [-0.4, -0.2) is 26.0 Å². The Morgan fingerprint density at radius 2 is 1.70 bits per heavy atom. The van der Waals surface area contributed by atoms with E-state index in [1.54, 1.807) is 30.3 Å². The molecule has 0 bridgehead atoms. The number of aliphatic carboxylic acids is 1. The van der Waals surface area contributed by atoms with E-state index in [-0.39, 0.29) is 17.9 Å². The lowest BCUT2D eigenvalue weighted by atomic mass is 10.2. The van der Waals surface area contributed by atoms with Gasteiger partial charge in [0, 0.05) is 6.54 Å². The summed E-state index contributed by atoms with van der Waals surface area (Å²) in [4.78, 5) is 11.0. The standard InChI is InChI=1S/C17H19NO4S/c1-13-6-8-16(9-7-13)23(21,22)18(11-10-17(19)20)15-5-3-4-14(2)12-15/h3-9,12H,10-11H2,1-2H3,(H,19,20). The normalized spacial score (nSPS) is 11.2. The van der Waals surface area contributed by atoms with Crippen LogP contribution in [0.25, 0.3) is 0 Å². The SMILES string of the molecule is Cc1ccc(S(=O)(=O)N(CCC(=O)O)c2cccc(C)c2)cc1. The van der Waals surface area contributed by atoms with Gasteiger partial charge in [-0.05, 0) is 43.7 Å². The molecule has 0 saturated carbocycles. The largest absolute Gasteiger partial charge is 0.481 e. The number of carboxylic acid groups (broad SMARTS) is 1. The van der Waals surface area contributed by atoms with E-state index in [4.69, 9.17) is 5.11 Å². The maximum Gasteiger partial charge on any atom is 0.305 e. The first-order valence-corrected chi connectivity index (χ1v) is 8.62. The highest BCUT2D eigenvalue weighted by atomic mass is 32.2. The number of hydrogen-bond donors (Lipinski definition) is 1. The van der Waals surface area contributed by atoms with Crippen LogP contribution in [0, 0.1) is 13.8 Å². The Kier molecular flexibility index (Phi) is 5.05. The van der Waals surface area contributed by atoms with Crippen molar-refractivity contribution in [3.8, 4) is 0 Å². The number of sulfonamides is 1. The quantitative estimate of drug-likeness (QED) is 0.882. The Morgan fingerprint density at radius 3 is 2.26 bits per heavy atom. The van der Waals surface area contributed by atoms with Crippen LogP contribution in [0.15, 0.2) is 53.4 Å². The van der Waals surface area contributed by atoms with Gasteiger partial charge in [-0.15, -0.1) is 0 Å². The lowest BCUT2D eigenvalue weighted by molar-refractivity contribution is -0.136. The monoisotopic (exact) mass is 333 g/mol. The second kappa shape index (κ2) is 6.83. The zero-order chi connectivity index (χ0) is 17.0. The number of carboxylic acids is 1. The van der Waals surface area contributed by atoms with E-state index in [2.05, 4.69) is 0 Å². The van der Waals surface area contributed by atoms with Gasteiger partial charge in [0.25, 0.3) is 10.0 Å². The van der Waals surface area contributed by atoms with E-state index in [9.17, 15) is 13.2 Å². The van der Waals surface area contributed by atoms with Crippen molar-refractivity contribution in [3.05, 3.63) is 59.7 Å². The molecule has 0 amide bonds. The van der Waals surface area contributed by atoms with Gasteiger partial charge >= 0.3 is 5.97 Å².